The van der Waals surface area contributed by atoms with Gasteiger partial charge < -0.3 is 34.3 Å². The molecule has 0 bridgehead atoms. The number of amides is 1. The number of ether oxygens (including phenoxy) is 2. The lowest BCUT2D eigenvalue weighted by atomic mass is 9.91. The topological polar surface area (TPSA) is 121 Å². The van der Waals surface area contributed by atoms with E-state index in [0.717, 1.165) is 11.3 Å². The molecule has 0 aliphatic carbocycles. The van der Waals surface area contributed by atoms with Crippen molar-refractivity contribution in [2.45, 2.75) is 25.3 Å². The van der Waals surface area contributed by atoms with Crippen LogP contribution in [-0.4, -0.2) is 55.9 Å². The minimum atomic E-state index is -0.800. The molecule has 2 aromatic carbocycles. The first-order valence-electron chi connectivity index (χ1n) is 11.4. The second kappa shape index (κ2) is 11.6. The van der Waals surface area contributed by atoms with E-state index >= 15 is 0 Å². The highest BCUT2D eigenvalue weighted by Crippen LogP contribution is 2.37. The van der Waals surface area contributed by atoms with E-state index in [1.165, 1.54) is 19.2 Å². The van der Waals surface area contributed by atoms with E-state index in [4.69, 9.17) is 13.9 Å². The Morgan fingerprint density at radius 2 is 1.69 bits per heavy atom. The molecule has 2 atom stereocenters. The maximum atomic E-state index is 13.1. The predicted octanol–water partition coefficient (Wildman–Crippen LogP) is 3.32. The fourth-order valence-electron chi connectivity index (χ4n) is 4.03. The first-order chi connectivity index (χ1) is 17.1. The van der Waals surface area contributed by atoms with Gasteiger partial charge in [0.2, 0.25) is 17.1 Å². The molecule has 9 heteroatoms. The molecule has 36 heavy (non-hydrogen) atoms. The zero-order chi connectivity index (χ0) is 26.4. The molecular weight excluding hydrogens is 464 g/mol. The highest BCUT2D eigenvalue weighted by molar-refractivity contribution is 5.77. The Kier molecular flexibility index (Phi) is 8.60. The Morgan fingerprint density at radius 3 is 2.31 bits per heavy atom. The van der Waals surface area contributed by atoms with E-state index in [-0.39, 0.29) is 35.6 Å². The van der Waals surface area contributed by atoms with E-state index in [1.807, 2.05) is 43.3 Å². The Balaban J connectivity index is 1.88. The van der Waals surface area contributed by atoms with Crippen molar-refractivity contribution in [1.82, 2.24) is 10.2 Å². The molecule has 0 radical (unpaired) electrons. The summed E-state index contributed by atoms with van der Waals surface area (Å²) >= 11 is 0. The number of benzene rings is 2. The van der Waals surface area contributed by atoms with Gasteiger partial charge in [-0.05, 0) is 56.4 Å². The van der Waals surface area contributed by atoms with Crippen LogP contribution in [-0.2, 0) is 4.79 Å². The number of nitrogens with one attached hydrogen (secondary N) is 1. The summed E-state index contributed by atoms with van der Waals surface area (Å²) in [5.41, 5.74) is 0.934. The maximum absolute atomic E-state index is 13.1. The number of hydrogen-bond donors (Lipinski definition) is 3. The first-order valence-corrected chi connectivity index (χ1v) is 11.4. The van der Waals surface area contributed by atoms with Gasteiger partial charge in [0.25, 0.3) is 0 Å². The number of nitrogens with zero attached hydrogens (tertiary/aromatic N) is 1. The van der Waals surface area contributed by atoms with Gasteiger partial charge >= 0.3 is 0 Å². The molecule has 3 N–H and O–H groups in total. The molecule has 192 valence electrons. The second-order valence-electron chi connectivity index (χ2n) is 8.68. The summed E-state index contributed by atoms with van der Waals surface area (Å²) in [6.07, 6.45) is -0.114. The number of likely N-dealkylation sites (N-methyl/N-ethyl adjacent to an activating group) is 1. The molecule has 0 aliphatic heterocycles. The van der Waals surface area contributed by atoms with Crippen LogP contribution in [0.1, 0.15) is 41.0 Å². The molecule has 1 aromatic heterocycles. The monoisotopic (exact) mass is 496 g/mol. The third-order valence-corrected chi connectivity index (χ3v) is 6.00. The lowest BCUT2D eigenvalue weighted by Crippen LogP contribution is -2.35. The predicted molar refractivity (Wildman–Crippen MR) is 135 cm³/mol. The summed E-state index contributed by atoms with van der Waals surface area (Å²) in [5.74, 6) is -0.533. The van der Waals surface area contributed by atoms with Crippen molar-refractivity contribution in [3.8, 4) is 23.0 Å². The van der Waals surface area contributed by atoms with Crippen LogP contribution >= 0.6 is 0 Å². The summed E-state index contributed by atoms with van der Waals surface area (Å²) in [7, 11) is 6.86. The summed E-state index contributed by atoms with van der Waals surface area (Å²) in [6.45, 7) is 1.92. The minimum absolute atomic E-state index is 0.0257. The van der Waals surface area contributed by atoms with Gasteiger partial charge in [0, 0.05) is 19.0 Å². The van der Waals surface area contributed by atoms with Crippen LogP contribution in [0, 0.1) is 6.92 Å². The lowest BCUT2D eigenvalue weighted by Gasteiger charge is -2.26. The molecule has 9 nitrogen and oxygen atoms in total. The Morgan fingerprint density at radius 1 is 1.03 bits per heavy atom. The van der Waals surface area contributed by atoms with Gasteiger partial charge in [-0.3, -0.25) is 9.59 Å². The molecule has 1 heterocycles. The molecule has 0 fully saturated rings. The van der Waals surface area contributed by atoms with Gasteiger partial charge in [-0.25, -0.2) is 0 Å². The minimum Gasteiger partial charge on any atom is -0.504 e. The quantitative estimate of drug-likeness (QED) is 0.391. The molecule has 0 saturated carbocycles. The summed E-state index contributed by atoms with van der Waals surface area (Å²) in [4.78, 5) is 27.4. The molecular formula is C27H32N2O7. The Bertz CT molecular complexity index is 1250. The zero-order valence-electron chi connectivity index (χ0n) is 21.1. The number of carbonyl (C=O) groups excluding carboxylic acids is 1. The average Bonchev–Trinajstić information content (AvgIpc) is 2.85. The van der Waals surface area contributed by atoms with Gasteiger partial charge in [0.15, 0.2) is 17.3 Å². The van der Waals surface area contributed by atoms with Gasteiger partial charge in [0.1, 0.15) is 11.5 Å². The molecule has 3 rings (SSSR count). The molecule has 0 unspecified atom stereocenters. The lowest BCUT2D eigenvalue weighted by molar-refractivity contribution is -0.121. The van der Waals surface area contributed by atoms with E-state index in [9.17, 15) is 19.8 Å². The van der Waals surface area contributed by atoms with E-state index in [0.29, 0.717) is 17.9 Å². The highest BCUT2D eigenvalue weighted by Gasteiger charge is 2.27. The number of hydrogen-bond acceptors (Lipinski definition) is 8. The van der Waals surface area contributed by atoms with E-state index in [2.05, 4.69) is 5.32 Å². The summed E-state index contributed by atoms with van der Waals surface area (Å²) in [6, 6.07) is 13.3. The summed E-state index contributed by atoms with van der Waals surface area (Å²) < 4.78 is 16.1. The fourth-order valence-corrected chi connectivity index (χ4v) is 4.03. The second-order valence-corrected chi connectivity index (χ2v) is 8.68. The Hall–Kier alpha value is -3.98. The van der Waals surface area contributed by atoms with E-state index < -0.39 is 17.1 Å². The standard InChI is InChI=1S/C27H32N2O7/c1-16-12-23(31)26(33)27(36-16)20(18-8-11-22(30)24(13-18)35-5)14-25(32)28-15-21(29(2)3)17-6-9-19(34-4)10-7-17/h6-13,20-21,30,33H,14-15H2,1-5H3,(H,28,32)/t20-,21-/m0/s1. The summed E-state index contributed by atoms with van der Waals surface area (Å²) in [5, 5.41) is 23.5. The molecule has 3 aromatic rings. The van der Waals surface area contributed by atoms with Crippen LogP contribution in [0.2, 0.25) is 0 Å². The zero-order valence-corrected chi connectivity index (χ0v) is 21.1. The van der Waals surface area contributed by atoms with Crippen molar-refractivity contribution in [3.05, 3.63) is 81.4 Å². The van der Waals surface area contributed by atoms with Crippen LogP contribution in [0.3, 0.4) is 0 Å². The van der Waals surface area contributed by atoms with Crippen molar-refractivity contribution in [3.63, 3.8) is 0 Å². The number of phenolic OH excluding ortho intramolecular Hbond substituents is 1. The van der Waals surface area contributed by atoms with Crippen LogP contribution in [0.15, 0.2) is 57.7 Å². The third kappa shape index (κ3) is 6.17. The van der Waals surface area contributed by atoms with Gasteiger partial charge in [-0.1, -0.05) is 18.2 Å². The Labute approximate surface area is 209 Å². The van der Waals surface area contributed by atoms with Crippen LogP contribution < -0.4 is 20.2 Å². The fraction of sp³-hybridized carbons (Fsp3) is 0.333. The maximum Gasteiger partial charge on any atom is 0.227 e. The molecule has 0 spiro atoms. The van der Waals surface area contributed by atoms with Crippen LogP contribution in [0.25, 0.3) is 0 Å². The van der Waals surface area contributed by atoms with Crippen molar-refractivity contribution < 1.29 is 28.9 Å². The highest BCUT2D eigenvalue weighted by atomic mass is 16.5. The largest absolute Gasteiger partial charge is 0.504 e. The van der Waals surface area contributed by atoms with Crippen LogP contribution in [0.5, 0.6) is 23.0 Å². The average molecular weight is 497 g/mol. The number of aromatic hydroxyl groups is 2. The molecule has 0 aliphatic rings. The van der Waals surface area contributed by atoms with Gasteiger partial charge in [-0.2, -0.15) is 0 Å². The van der Waals surface area contributed by atoms with Crippen molar-refractivity contribution >= 4 is 5.91 Å². The van der Waals surface area contributed by atoms with Crippen LogP contribution in [0.4, 0.5) is 0 Å². The van der Waals surface area contributed by atoms with E-state index in [1.54, 1.807) is 26.2 Å². The van der Waals surface area contributed by atoms with Crippen molar-refractivity contribution in [1.29, 1.82) is 0 Å². The third-order valence-electron chi connectivity index (χ3n) is 6.00. The SMILES string of the molecule is COc1ccc([C@H](CNC(=O)C[C@@H](c2ccc(O)c(OC)c2)c2oc(C)cc(=O)c2O)N(C)C)cc1. The number of aryl methyl sites for hydroxylation is 1. The first kappa shape index (κ1) is 26.6. The van der Waals surface area contributed by atoms with Crippen molar-refractivity contribution in [2.75, 3.05) is 34.9 Å². The normalized spacial score (nSPS) is 12.7. The van der Waals surface area contributed by atoms with Crippen molar-refractivity contribution in [2.24, 2.45) is 0 Å². The molecule has 0 saturated heterocycles. The number of methoxy groups -OCH3 is 2. The number of carbonyl (C=O) groups is 1. The molecule has 1 amide bonds. The van der Waals surface area contributed by atoms with Gasteiger partial charge in [0.05, 0.1) is 26.2 Å². The number of phenols is 1. The van der Waals surface area contributed by atoms with Gasteiger partial charge in [-0.15, -0.1) is 0 Å². The smallest absolute Gasteiger partial charge is 0.227 e. The number of rotatable bonds is 10.